The van der Waals surface area contributed by atoms with E-state index in [1.807, 2.05) is 4.68 Å². The zero-order chi connectivity index (χ0) is 11.8. The average molecular weight is 221 g/mol. The number of nitrogens with zero attached hydrogens (tertiary/aromatic N) is 2. The highest BCUT2D eigenvalue weighted by atomic mass is 15.3. The molecule has 1 aliphatic carbocycles. The van der Waals surface area contributed by atoms with E-state index in [-0.39, 0.29) is 0 Å². The van der Waals surface area contributed by atoms with Crippen LogP contribution in [0.3, 0.4) is 0 Å². The minimum absolute atomic E-state index is 0.457. The number of nitrogens with one attached hydrogen (secondary N) is 1. The molecule has 1 aromatic rings. The first kappa shape index (κ1) is 11.6. The van der Waals surface area contributed by atoms with Crippen molar-refractivity contribution < 1.29 is 0 Å². The summed E-state index contributed by atoms with van der Waals surface area (Å²) in [6, 6.07) is 3.18. The molecular weight excluding hydrogens is 198 g/mol. The summed E-state index contributed by atoms with van der Waals surface area (Å²) in [5, 5.41) is 8.06. The van der Waals surface area contributed by atoms with Crippen molar-refractivity contribution in [3.63, 3.8) is 0 Å². The maximum atomic E-state index is 4.62. The summed E-state index contributed by atoms with van der Waals surface area (Å²) in [5.74, 6) is 0. The van der Waals surface area contributed by atoms with Gasteiger partial charge in [-0.25, -0.2) is 0 Å². The highest BCUT2D eigenvalue weighted by molar-refractivity contribution is 5.08. The normalized spacial score (nSPS) is 20.1. The van der Waals surface area contributed by atoms with E-state index in [9.17, 15) is 0 Å². The minimum Gasteiger partial charge on any atom is -0.316 e. The van der Waals surface area contributed by atoms with Gasteiger partial charge in [-0.2, -0.15) is 5.10 Å². The van der Waals surface area contributed by atoms with Crippen LogP contribution >= 0.6 is 0 Å². The van der Waals surface area contributed by atoms with E-state index in [1.165, 1.54) is 18.5 Å². The third-order valence-electron chi connectivity index (χ3n) is 3.83. The lowest BCUT2D eigenvalue weighted by Gasteiger charge is -2.22. The van der Waals surface area contributed by atoms with Crippen LogP contribution in [0.2, 0.25) is 0 Å². The molecule has 3 heteroatoms. The quantitative estimate of drug-likeness (QED) is 0.827. The second-order valence-corrected chi connectivity index (χ2v) is 5.58. The molecule has 0 radical (unpaired) electrons. The third-order valence-corrected chi connectivity index (χ3v) is 3.83. The van der Waals surface area contributed by atoms with Crippen molar-refractivity contribution in [2.75, 3.05) is 7.05 Å². The van der Waals surface area contributed by atoms with E-state index >= 15 is 0 Å². The molecule has 2 rings (SSSR count). The van der Waals surface area contributed by atoms with E-state index in [1.54, 1.807) is 0 Å². The van der Waals surface area contributed by atoms with Crippen LogP contribution < -0.4 is 5.32 Å². The molecule has 0 amide bonds. The Morgan fingerprint density at radius 2 is 2.19 bits per heavy atom. The molecule has 3 nitrogen and oxygen atoms in total. The molecule has 1 heterocycles. The molecule has 1 fully saturated rings. The summed E-state index contributed by atoms with van der Waals surface area (Å²) in [7, 11) is 2.06. The summed E-state index contributed by atoms with van der Waals surface area (Å²) in [6.07, 6.45) is 5.83. The van der Waals surface area contributed by atoms with Crippen LogP contribution in [0.5, 0.6) is 0 Å². The lowest BCUT2D eigenvalue weighted by Crippen LogP contribution is -2.35. The highest BCUT2D eigenvalue weighted by Crippen LogP contribution is 2.48. The molecular formula is C13H23N3. The molecule has 1 saturated carbocycles. The maximum Gasteiger partial charge on any atom is 0.0640 e. The van der Waals surface area contributed by atoms with Gasteiger partial charge in [-0.15, -0.1) is 0 Å². The van der Waals surface area contributed by atoms with E-state index in [0.29, 0.717) is 17.5 Å². The van der Waals surface area contributed by atoms with E-state index < -0.39 is 0 Å². The Hall–Kier alpha value is -0.830. The molecule has 1 N–H and O–H groups in total. The standard InChI is InChI=1S/C13H23N3/c1-10(2)16-8-5-11(15-16)9-12(14-4)13(3)6-7-13/h5,8,10,12,14H,6-7,9H2,1-4H3. The van der Waals surface area contributed by atoms with Crippen LogP contribution in [0.25, 0.3) is 0 Å². The first-order chi connectivity index (χ1) is 7.55. The van der Waals surface area contributed by atoms with Crippen LogP contribution in [-0.2, 0) is 6.42 Å². The Kier molecular flexibility index (Phi) is 3.06. The summed E-state index contributed by atoms with van der Waals surface area (Å²) in [4.78, 5) is 0. The van der Waals surface area contributed by atoms with Crippen molar-refractivity contribution in [1.82, 2.24) is 15.1 Å². The van der Waals surface area contributed by atoms with Gasteiger partial charge in [0.1, 0.15) is 0 Å². The van der Waals surface area contributed by atoms with Crippen molar-refractivity contribution in [1.29, 1.82) is 0 Å². The number of rotatable bonds is 5. The average Bonchev–Trinajstić information content (AvgIpc) is 2.82. The monoisotopic (exact) mass is 221 g/mol. The van der Waals surface area contributed by atoms with E-state index in [2.05, 4.69) is 50.5 Å². The maximum absolute atomic E-state index is 4.62. The smallest absolute Gasteiger partial charge is 0.0640 e. The second-order valence-electron chi connectivity index (χ2n) is 5.58. The first-order valence-electron chi connectivity index (χ1n) is 6.26. The fraction of sp³-hybridized carbons (Fsp3) is 0.769. The molecule has 16 heavy (non-hydrogen) atoms. The summed E-state index contributed by atoms with van der Waals surface area (Å²) < 4.78 is 2.04. The molecule has 0 saturated heterocycles. The number of hydrogen-bond acceptors (Lipinski definition) is 2. The van der Waals surface area contributed by atoms with Gasteiger partial charge in [0.25, 0.3) is 0 Å². The molecule has 90 valence electrons. The van der Waals surface area contributed by atoms with Crippen LogP contribution in [0.4, 0.5) is 0 Å². The highest BCUT2D eigenvalue weighted by Gasteiger charge is 2.44. The third kappa shape index (κ3) is 2.29. The molecule has 1 aromatic heterocycles. The van der Waals surface area contributed by atoms with Crippen LogP contribution in [0.15, 0.2) is 12.3 Å². The summed E-state index contributed by atoms with van der Waals surface area (Å²) in [6.45, 7) is 6.69. The SMILES string of the molecule is CNC(Cc1ccn(C(C)C)n1)C1(C)CC1. The van der Waals surface area contributed by atoms with Gasteiger partial charge in [0.2, 0.25) is 0 Å². The zero-order valence-corrected chi connectivity index (χ0v) is 10.8. The second kappa shape index (κ2) is 4.21. The molecule has 0 spiro atoms. The fourth-order valence-corrected chi connectivity index (χ4v) is 2.23. The zero-order valence-electron chi connectivity index (χ0n) is 10.8. The summed E-state index contributed by atoms with van der Waals surface area (Å²) >= 11 is 0. The minimum atomic E-state index is 0.457. The van der Waals surface area contributed by atoms with Gasteiger partial charge in [-0.1, -0.05) is 6.92 Å². The Balaban J connectivity index is 2.02. The lowest BCUT2D eigenvalue weighted by atomic mass is 9.95. The molecule has 1 aliphatic rings. The molecule has 1 atom stereocenters. The van der Waals surface area contributed by atoms with Crippen molar-refractivity contribution in [2.24, 2.45) is 5.41 Å². The number of likely N-dealkylation sites (N-methyl/N-ethyl adjacent to an activating group) is 1. The Morgan fingerprint density at radius 1 is 1.50 bits per heavy atom. The Bertz CT molecular complexity index is 350. The van der Waals surface area contributed by atoms with Crippen molar-refractivity contribution in [3.05, 3.63) is 18.0 Å². The lowest BCUT2D eigenvalue weighted by molar-refractivity contribution is 0.371. The van der Waals surface area contributed by atoms with Gasteiger partial charge >= 0.3 is 0 Å². The van der Waals surface area contributed by atoms with Gasteiger partial charge in [-0.05, 0) is 45.2 Å². The predicted molar refractivity (Wildman–Crippen MR) is 66.5 cm³/mol. The van der Waals surface area contributed by atoms with Gasteiger partial charge < -0.3 is 5.32 Å². The van der Waals surface area contributed by atoms with Crippen molar-refractivity contribution in [2.45, 2.75) is 52.1 Å². The number of aromatic nitrogens is 2. The van der Waals surface area contributed by atoms with Gasteiger partial charge in [0, 0.05) is 24.7 Å². The van der Waals surface area contributed by atoms with Crippen LogP contribution in [0, 0.1) is 5.41 Å². The van der Waals surface area contributed by atoms with E-state index in [4.69, 9.17) is 0 Å². The fourth-order valence-electron chi connectivity index (χ4n) is 2.23. The molecule has 0 aromatic carbocycles. The topological polar surface area (TPSA) is 29.9 Å². The largest absolute Gasteiger partial charge is 0.316 e. The van der Waals surface area contributed by atoms with Crippen LogP contribution in [0.1, 0.15) is 45.3 Å². The van der Waals surface area contributed by atoms with Gasteiger partial charge in [0.15, 0.2) is 0 Å². The molecule has 0 bridgehead atoms. The number of hydrogen-bond donors (Lipinski definition) is 1. The predicted octanol–water partition coefficient (Wildman–Crippen LogP) is 2.39. The Labute approximate surface area is 98.2 Å². The molecule has 0 aliphatic heterocycles. The summed E-state index contributed by atoms with van der Waals surface area (Å²) in [5.41, 5.74) is 1.72. The Morgan fingerprint density at radius 3 is 2.62 bits per heavy atom. The van der Waals surface area contributed by atoms with E-state index in [0.717, 1.165) is 6.42 Å². The first-order valence-corrected chi connectivity index (χ1v) is 6.26. The van der Waals surface area contributed by atoms with Gasteiger partial charge in [0.05, 0.1) is 5.69 Å². The van der Waals surface area contributed by atoms with Crippen molar-refractivity contribution >= 4 is 0 Å². The van der Waals surface area contributed by atoms with Crippen molar-refractivity contribution in [3.8, 4) is 0 Å². The van der Waals surface area contributed by atoms with Gasteiger partial charge in [-0.3, -0.25) is 4.68 Å². The van der Waals surface area contributed by atoms with Crippen LogP contribution in [-0.4, -0.2) is 22.9 Å². The molecule has 1 unspecified atom stereocenters.